The zero-order valence-corrected chi connectivity index (χ0v) is 12.2. The van der Waals surface area contributed by atoms with E-state index in [-0.39, 0.29) is 6.03 Å². The molecule has 0 spiro atoms. The average Bonchev–Trinajstić information content (AvgIpc) is 2.87. The number of rotatable bonds is 3. The highest BCUT2D eigenvalue weighted by Crippen LogP contribution is 2.26. The van der Waals surface area contributed by atoms with Gasteiger partial charge in [0.15, 0.2) is 0 Å². The van der Waals surface area contributed by atoms with Crippen molar-refractivity contribution in [3.63, 3.8) is 0 Å². The molecular formula is C14H24N2O4. The Hall–Kier alpha value is -1.30. The van der Waals surface area contributed by atoms with E-state index in [0.717, 1.165) is 12.8 Å². The molecule has 2 aliphatic rings. The molecule has 0 aromatic carbocycles. The van der Waals surface area contributed by atoms with E-state index < -0.39 is 12.0 Å². The zero-order chi connectivity index (χ0) is 14.7. The molecule has 3 unspecified atom stereocenters. The molecule has 1 N–H and O–H groups in total. The van der Waals surface area contributed by atoms with Crippen LogP contribution in [0.5, 0.6) is 0 Å². The second-order valence-electron chi connectivity index (χ2n) is 6.02. The minimum atomic E-state index is -0.891. The minimum Gasteiger partial charge on any atom is -0.480 e. The number of hydrogen-bond acceptors (Lipinski definition) is 3. The largest absolute Gasteiger partial charge is 0.480 e. The Bertz CT molecular complexity index is 374. The van der Waals surface area contributed by atoms with E-state index >= 15 is 0 Å². The number of likely N-dealkylation sites (tertiary alicyclic amines) is 2. The number of carboxylic acid groups (broad SMARTS) is 1. The lowest BCUT2D eigenvalue weighted by molar-refractivity contribution is -0.144. The molecule has 6 heteroatoms. The maximum absolute atomic E-state index is 12.5. The van der Waals surface area contributed by atoms with Gasteiger partial charge < -0.3 is 19.6 Å². The molecule has 0 radical (unpaired) electrons. The molecule has 0 aromatic rings. The predicted octanol–water partition coefficient (Wildman–Crippen LogP) is 1.26. The number of hydrogen-bond donors (Lipinski definition) is 1. The van der Waals surface area contributed by atoms with E-state index in [4.69, 9.17) is 4.74 Å². The normalized spacial score (nSPS) is 30.6. The lowest BCUT2D eigenvalue weighted by atomic mass is 9.93. The summed E-state index contributed by atoms with van der Waals surface area (Å²) in [6, 6.07) is -0.796. The van der Waals surface area contributed by atoms with Gasteiger partial charge in [-0.05, 0) is 25.2 Å². The fraction of sp³-hybridized carbons (Fsp3) is 0.857. The number of piperidine rings is 1. The molecule has 6 nitrogen and oxygen atoms in total. The van der Waals surface area contributed by atoms with Crippen LogP contribution in [0.3, 0.4) is 0 Å². The number of carbonyl (C=O) groups excluding carboxylic acids is 1. The second kappa shape index (κ2) is 6.43. The second-order valence-corrected chi connectivity index (χ2v) is 6.02. The minimum absolute atomic E-state index is 0.122. The van der Waals surface area contributed by atoms with E-state index in [0.29, 0.717) is 44.5 Å². The Balaban J connectivity index is 1.99. The van der Waals surface area contributed by atoms with Gasteiger partial charge in [0, 0.05) is 32.7 Å². The van der Waals surface area contributed by atoms with Gasteiger partial charge in [-0.3, -0.25) is 0 Å². The van der Waals surface area contributed by atoms with Crippen LogP contribution in [0.2, 0.25) is 0 Å². The number of carbonyl (C=O) groups is 2. The van der Waals surface area contributed by atoms with Crippen molar-refractivity contribution in [2.45, 2.75) is 32.2 Å². The summed E-state index contributed by atoms with van der Waals surface area (Å²) in [4.78, 5) is 27.2. The third-order valence-electron chi connectivity index (χ3n) is 4.35. The number of carboxylic acids is 1. The number of aliphatic carboxylic acids is 1. The summed E-state index contributed by atoms with van der Waals surface area (Å²) in [6.07, 6.45) is 2.36. The van der Waals surface area contributed by atoms with E-state index in [1.54, 1.807) is 12.0 Å². The van der Waals surface area contributed by atoms with Gasteiger partial charge in [0.2, 0.25) is 0 Å². The molecule has 3 atom stereocenters. The first-order chi connectivity index (χ1) is 9.52. The van der Waals surface area contributed by atoms with Crippen molar-refractivity contribution in [2.24, 2.45) is 11.8 Å². The molecule has 2 rings (SSSR count). The molecule has 2 saturated heterocycles. The van der Waals surface area contributed by atoms with E-state index in [1.807, 2.05) is 6.92 Å². The summed E-state index contributed by atoms with van der Waals surface area (Å²) in [7, 11) is 1.66. The van der Waals surface area contributed by atoms with Gasteiger partial charge in [0.1, 0.15) is 6.04 Å². The highest BCUT2D eigenvalue weighted by Gasteiger charge is 2.38. The average molecular weight is 284 g/mol. The Labute approximate surface area is 119 Å². The van der Waals surface area contributed by atoms with Crippen molar-refractivity contribution in [2.75, 3.05) is 33.4 Å². The topological polar surface area (TPSA) is 70.1 Å². The van der Waals surface area contributed by atoms with E-state index in [2.05, 4.69) is 0 Å². The van der Waals surface area contributed by atoms with Crippen LogP contribution in [-0.4, -0.2) is 66.3 Å². The van der Waals surface area contributed by atoms with E-state index in [9.17, 15) is 14.7 Å². The fourth-order valence-electron chi connectivity index (χ4n) is 3.16. The van der Waals surface area contributed by atoms with Crippen LogP contribution in [0.1, 0.15) is 26.2 Å². The predicted molar refractivity (Wildman–Crippen MR) is 73.5 cm³/mol. The van der Waals surface area contributed by atoms with Crippen LogP contribution < -0.4 is 0 Å². The molecule has 0 bridgehead atoms. The third-order valence-corrected chi connectivity index (χ3v) is 4.35. The molecule has 114 valence electrons. The number of nitrogens with zero attached hydrogens (tertiary/aromatic N) is 2. The van der Waals surface area contributed by atoms with Crippen molar-refractivity contribution in [3.8, 4) is 0 Å². The molecule has 2 fully saturated rings. The maximum atomic E-state index is 12.5. The van der Waals surface area contributed by atoms with Gasteiger partial charge in [-0.1, -0.05) is 6.92 Å². The number of methoxy groups -OCH3 is 1. The smallest absolute Gasteiger partial charge is 0.326 e. The summed E-state index contributed by atoms with van der Waals surface area (Å²) in [5.41, 5.74) is 0. The van der Waals surface area contributed by atoms with Gasteiger partial charge in [-0.25, -0.2) is 9.59 Å². The molecule has 2 heterocycles. The first-order valence-corrected chi connectivity index (χ1v) is 7.30. The van der Waals surface area contributed by atoms with Crippen LogP contribution in [0.25, 0.3) is 0 Å². The number of ether oxygens (including phenoxy) is 1. The summed E-state index contributed by atoms with van der Waals surface area (Å²) < 4.78 is 5.13. The lowest BCUT2D eigenvalue weighted by Gasteiger charge is -2.38. The Kier molecular flexibility index (Phi) is 4.86. The molecule has 0 aliphatic carbocycles. The van der Waals surface area contributed by atoms with Gasteiger partial charge in [-0.2, -0.15) is 0 Å². The SMILES string of the molecule is COCC1CCN(C(=O)N2CCC(C)CC2C(=O)O)C1. The summed E-state index contributed by atoms with van der Waals surface area (Å²) in [5, 5.41) is 9.32. The molecule has 2 aliphatic heterocycles. The molecule has 20 heavy (non-hydrogen) atoms. The van der Waals surface area contributed by atoms with Crippen LogP contribution in [0.4, 0.5) is 4.79 Å². The number of amides is 2. The quantitative estimate of drug-likeness (QED) is 0.847. The Morgan fingerprint density at radius 1 is 1.30 bits per heavy atom. The summed E-state index contributed by atoms with van der Waals surface area (Å²) in [5.74, 6) is -0.159. The highest BCUT2D eigenvalue weighted by atomic mass is 16.5. The monoisotopic (exact) mass is 284 g/mol. The van der Waals surface area contributed by atoms with E-state index in [1.165, 1.54) is 4.90 Å². The van der Waals surface area contributed by atoms with Gasteiger partial charge in [-0.15, -0.1) is 0 Å². The summed E-state index contributed by atoms with van der Waals surface area (Å²) >= 11 is 0. The Morgan fingerprint density at radius 2 is 2.05 bits per heavy atom. The van der Waals surface area contributed by atoms with Crippen LogP contribution in [0.15, 0.2) is 0 Å². The zero-order valence-electron chi connectivity index (χ0n) is 12.2. The lowest BCUT2D eigenvalue weighted by Crippen LogP contribution is -2.54. The van der Waals surface area contributed by atoms with Crippen LogP contribution >= 0.6 is 0 Å². The fourth-order valence-corrected chi connectivity index (χ4v) is 3.16. The molecular weight excluding hydrogens is 260 g/mol. The first-order valence-electron chi connectivity index (χ1n) is 7.30. The first kappa shape index (κ1) is 15.1. The van der Waals surface area contributed by atoms with Gasteiger partial charge >= 0.3 is 12.0 Å². The Morgan fingerprint density at radius 3 is 2.70 bits per heavy atom. The van der Waals surface area contributed by atoms with Crippen molar-refractivity contribution in [1.82, 2.24) is 9.80 Å². The van der Waals surface area contributed by atoms with Gasteiger partial charge in [0.05, 0.1) is 6.61 Å². The third kappa shape index (κ3) is 3.23. The van der Waals surface area contributed by atoms with Gasteiger partial charge in [0.25, 0.3) is 0 Å². The number of urea groups is 1. The summed E-state index contributed by atoms with van der Waals surface area (Å²) in [6.45, 7) is 4.62. The van der Waals surface area contributed by atoms with Crippen molar-refractivity contribution in [1.29, 1.82) is 0 Å². The van der Waals surface area contributed by atoms with Crippen LogP contribution in [-0.2, 0) is 9.53 Å². The van der Waals surface area contributed by atoms with Crippen molar-refractivity contribution in [3.05, 3.63) is 0 Å². The molecule has 0 aromatic heterocycles. The molecule has 2 amide bonds. The van der Waals surface area contributed by atoms with Crippen molar-refractivity contribution >= 4 is 12.0 Å². The standard InChI is InChI=1S/C14H24N2O4/c1-10-3-6-16(12(7-10)13(17)18)14(19)15-5-4-11(8-15)9-20-2/h10-12H,3-9H2,1-2H3,(H,17,18). The van der Waals surface area contributed by atoms with Crippen molar-refractivity contribution < 1.29 is 19.4 Å². The molecule has 0 saturated carbocycles. The highest BCUT2D eigenvalue weighted by molar-refractivity contribution is 5.83. The van der Waals surface area contributed by atoms with Crippen LogP contribution in [0, 0.1) is 11.8 Å². The maximum Gasteiger partial charge on any atom is 0.326 e.